The fourth-order valence-electron chi connectivity index (χ4n) is 3.38. The maximum absolute atomic E-state index is 6.21. The Morgan fingerprint density at radius 3 is 2.84 bits per heavy atom. The number of rotatable bonds is 5. The van der Waals surface area contributed by atoms with Gasteiger partial charge in [-0.3, -0.25) is 0 Å². The van der Waals surface area contributed by atoms with Crippen LogP contribution in [0.15, 0.2) is 24.3 Å². The lowest BCUT2D eigenvalue weighted by Gasteiger charge is -2.36. The number of nitrogens with zero attached hydrogens (tertiary/aromatic N) is 3. The van der Waals surface area contributed by atoms with Gasteiger partial charge in [0.2, 0.25) is 0 Å². The summed E-state index contributed by atoms with van der Waals surface area (Å²) in [6, 6.07) is 8.20. The summed E-state index contributed by atoms with van der Waals surface area (Å²) in [5.41, 5.74) is 0.875. The summed E-state index contributed by atoms with van der Waals surface area (Å²) in [5, 5.41) is 3.90. The largest absolute Gasteiger partial charge is 0.495 e. The Morgan fingerprint density at radius 2 is 2.12 bits per heavy atom. The number of aromatic nitrogens is 2. The van der Waals surface area contributed by atoms with Crippen LogP contribution in [0.25, 0.3) is 0 Å². The summed E-state index contributed by atoms with van der Waals surface area (Å²) >= 11 is 6.21. The highest BCUT2D eigenvalue weighted by Gasteiger charge is 2.22. The van der Waals surface area contributed by atoms with Gasteiger partial charge in [0, 0.05) is 24.3 Å². The standard InChI is InChI=1S/C19H25ClN4O/c1-4-15-7-5-6-10-24(15)19-12-18(21-13(2)22-19)23-14-8-9-17(25-3)16(20)11-14/h8-9,11-12,15H,4-7,10H2,1-3H3,(H,21,22,23). The Morgan fingerprint density at radius 1 is 1.28 bits per heavy atom. The van der Waals surface area contributed by atoms with Crippen molar-refractivity contribution >= 4 is 28.9 Å². The predicted octanol–water partition coefficient (Wildman–Crippen LogP) is 4.96. The predicted molar refractivity (Wildman–Crippen MR) is 103 cm³/mol. The molecule has 0 radical (unpaired) electrons. The van der Waals surface area contributed by atoms with E-state index in [2.05, 4.69) is 27.1 Å². The molecule has 0 saturated carbocycles. The molecule has 1 aromatic heterocycles. The molecule has 1 aliphatic heterocycles. The second-order valence-corrected chi connectivity index (χ2v) is 6.79. The van der Waals surface area contributed by atoms with E-state index in [1.165, 1.54) is 19.3 Å². The van der Waals surface area contributed by atoms with Crippen molar-refractivity contribution in [3.05, 3.63) is 35.1 Å². The number of ether oxygens (including phenoxy) is 1. The van der Waals surface area contributed by atoms with Crippen molar-refractivity contribution in [2.24, 2.45) is 0 Å². The van der Waals surface area contributed by atoms with E-state index < -0.39 is 0 Å². The van der Waals surface area contributed by atoms with Crippen molar-refractivity contribution in [2.75, 3.05) is 23.9 Å². The lowest BCUT2D eigenvalue weighted by Crippen LogP contribution is -2.39. The number of methoxy groups -OCH3 is 1. The van der Waals surface area contributed by atoms with Crippen LogP contribution in [0.2, 0.25) is 5.02 Å². The monoisotopic (exact) mass is 360 g/mol. The normalized spacial score (nSPS) is 17.4. The summed E-state index contributed by atoms with van der Waals surface area (Å²) in [7, 11) is 1.61. The molecule has 1 aliphatic rings. The van der Waals surface area contributed by atoms with E-state index in [9.17, 15) is 0 Å². The molecule has 134 valence electrons. The second kappa shape index (κ2) is 7.91. The molecule has 1 unspecified atom stereocenters. The van der Waals surface area contributed by atoms with E-state index in [0.717, 1.165) is 36.1 Å². The first-order chi connectivity index (χ1) is 12.1. The van der Waals surface area contributed by atoms with Crippen LogP contribution in [0.3, 0.4) is 0 Å². The molecule has 6 heteroatoms. The van der Waals surface area contributed by atoms with Crippen molar-refractivity contribution in [3.63, 3.8) is 0 Å². The number of halogens is 1. The molecule has 3 rings (SSSR count). The summed E-state index contributed by atoms with van der Waals surface area (Å²) in [6.45, 7) is 5.24. The Labute approximate surface area is 154 Å². The minimum atomic E-state index is 0.561. The van der Waals surface area contributed by atoms with Crippen LogP contribution < -0.4 is 15.0 Å². The van der Waals surface area contributed by atoms with Crippen LogP contribution in [0.4, 0.5) is 17.3 Å². The third-order valence-corrected chi connectivity index (χ3v) is 4.94. The van der Waals surface area contributed by atoms with Gasteiger partial charge in [-0.2, -0.15) is 0 Å². The van der Waals surface area contributed by atoms with Crippen molar-refractivity contribution in [3.8, 4) is 5.75 Å². The van der Waals surface area contributed by atoms with Crippen LogP contribution in [0.1, 0.15) is 38.4 Å². The van der Waals surface area contributed by atoms with E-state index in [-0.39, 0.29) is 0 Å². The molecule has 2 aromatic rings. The first kappa shape index (κ1) is 17.8. The zero-order chi connectivity index (χ0) is 17.8. The molecule has 0 bridgehead atoms. The van der Waals surface area contributed by atoms with Crippen molar-refractivity contribution < 1.29 is 4.74 Å². The molecule has 25 heavy (non-hydrogen) atoms. The molecule has 1 atom stereocenters. The molecular formula is C19H25ClN4O. The number of piperidine rings is 1. The van der Waals surface area contributed by atoms with Gasteiger partial charge in [-0.15, -0.1) is 0 Å². The van der Waals surface area contributed by atoms with Crippen LogP contribution in [0, 0.1) is 6.92 Å². The molecule has 5 nitrogen and oxygen atoms in total. The summed E-state index contributed by atoms with van der Waals surface area (Å²) < 4.78 is 5.20. The molecule has 1 fully saturated rings. The van der Waals surface area contributed by atoms with Crippen LogP contribution in [-0.4, -0.2) is 29.7 Å². The van der Waals surface area contributed by atoms with Crippen molar-refractivity contribution in [1.82, 2.24) is 9.97 Å². The molecule has 1 aromatic carbocycles. The van der Waals surface area contributed by atoms with E-state index in [4.69, 9.17) is 16.3 Å². The maximum atomic E-state index is 6.21. The zero-order valence-electron chi connectivity index (χ0n) is 15.1. The average Bonchev–Trinajstić information content (AvgIpc) is 2.61. The highest BCUT2D eigenvalue weighted by atomic mass is 35.5. The first-order valence-corrected chi connectivity index (χ1v) is 9.21. The number of nitrogens with one attached hydrogen (secondary N) is 1. The molecule has 0 amide bonds. The Kier molecular flexibility index (Phi) is 5.63. The molecule has 1 saturated heterocycles. The topological polar surface area (TPSA) is 50.3 Å². The second-order valence-electron chi connectivity index (χ2n) is 6.38. The van der Waals surface area contributed by atoms with Crippen molar-refractivity contribution in [1.29, 1.82) is 0 Å². The van der Waals surface area contributed by atoms with E-state index >= 15 is 0 Å². The summed E-state index contributed by atoms with van der Waals surface area (Å²) in [5.74, 6) is 3.20. The van der Waals surface area contributed by atoms with Gasteiger partial charge < -0.3 is 15.0 Å². The summed E-state index contributed by atoms with van der Waals surface area (Å²) in [4.78, 5) is 11.6. The first-order valence-electron chi connectivity index (χ1n) is 8.83. The number of aryl methyl sites for hydroxylation is 1. The Hall–Kier alpha value is -2.01. The Bertz CT molecular complexity index is 737. The fourth-order valence-corrected chi connectivity index (χ4v) is 3.64. The number of hydrogen-bond acceptors (Lipinski definition) is 5. The molecular weight excluding hydrogens is 336 g/mol. The SMILES string of the molecule is CCC1CCCCN1c1cc(Nc2ccc(OC)c(Cl)c2)nc(C)n1. The van der Waals surface area contributed by atoms with Gasteiger partial charge in [-0.05, 0) is 50.8 Å². The number of benzene rings is 1. The number of hydrogen-bond donors (Lipinski definition) is 1. The lowest BCUT2D eigenvalue weighted by molar-refractivity contribution is 0.415. The molecule has 2 heterocycles. The van der Waals surface area contributed by atoms with Gasteiger partial charge in [-0.1, -0.05) is 18.5 Å². The highest BCUT2D eigenvalue weighted by molar-refractivity contribution is 6.32. The average molecular weight is 361 g/mol. The maximum Gasteiger partial charge on any atom is 0.137 e. The van der Waals surface area contributed by atoms with Gasteiger partial charge in [0.25, 0.3) is 0 Å². The lowest BCUT2D eigenvalue weighted by atomic mass is 10.00. The highest BCUT2D eigenvalue weighted by Crippen LogP contribution is 2.30. The van der Waals surface area contributed by atoms with Gasteiger partial charge in [0.1, 0.15) is 23.2 Å². The van der Waals surface area contributed by atoms with E-state index in [1.807, 2.05) is 31.2 Å². The third-order valence-electron chi connectivity index (χ3n) is 4.64. The van der Waals surface area contributed by atoms with Gasteiger partial charge in [-0.25, -0.2) is 9.97 Å². The third kappa shape index (κ3) is 4.15. The summed E-state index contributed by atoms with van der Waals surface area (Å²) in [6.07, 6.45) is 4.89. The minimum absolute atomic E-state index is 0.561. The van der Waals surface area contributed by atoms with Crippen LogP contribution >= 0.6 is 11.6 Å². The number of anilines is 3. The van der Waals surface area contributed by atoms with Gasteiger partial charge in [0.15, 0.2) is 0 Å². The fraction of sp³-hybridized carbons (Fsp3) is 0.474. The zero-order valence-corrected chi connectivity index (χ0v) is 15.8. The van der Waals surface area contributed by atoms with E-state index in [1.54, 1.807) is 7.11 Å². The van der Waals surface area contributed by atoms with Gasteiger partial charge in [0.05, 0.1) is 12.1 Å². The molecule has 0 spiro atoms. The smallest absolute Gasteiger partial charge is 0.137 e. The van der Waals surface area contributed by atoms with Crippen LogP contribution in [0.5, 0.6) is 5.75 Å². The van der Waals surface area contributed by atoms with E-state index in [0.29, 0.717) is 16.8 Å². The van der Waals surface area contributed by atoms with Crippen molar-refractivity contribution in [2.45, 2.75) is 45.6 Å². The minimum Gasteiger partial charge on any atom is -0.495 e. The molecule has 1 N–H and O–H groups in total. The quantitative estimate of drug-likeness (QED) is 0.816. The van der Waals surface area contributed by atoms with Crippen LogP contribution in [-0.2, 0) is 0 Å². The van der Waals surface area contributed by atoms with Gasteiger partial charge >= 0.3 is 0 Å². The molecule has 0 aliphatic carbocycles. The Balaban J connectivity index is 1.85.